The first-order valence-corrected chi connectivity index (χ1v) is 4.19. The van der Waals surface area contributed by atoms with Gasteiger partial charge in [0.25, 0.3) is 0 Å². The Morgan fingerprint density at radius 1 is 1.42 bits per heavy atom. The number of aliphatic hydroxyl groups is 1. The molecule has 0 spiro atoms. The SMILES string of the molecule is CC(O)[C@H](N)c1ccccc1Cl. The summed E-state index contributed by atoms with van der Waals surface area (Å²) in [5.74, 6) is 0. The average molecular weight is 186 g/mol. The molecule has 1 unspecified atom stereocenters. The first-order valence-electron chi connectivity index (χ1n) is 3.81. The molecule has 0 heterocycles. The average Bonchev–Trinajstić information content (AvgIpc) is 2.04. The van der Waals surface area contributed by atoms with Crippen LogP contribution in [0.15, 0.2) is 24.3 Å². The lowest BCUT2D eigenvalue weighted by Crippen LogP contribution is -2.23. The van der Waals surface area contributed by atoms with Gasteiger partial charge in [-0.2, -0.15) is 0 Å². The lowest BCUT2D eigenvalue weighted by molar-refractivity contribution is 0.164. The van der Waals surface area contributed by atoms with E-state index in [-0.39, 0.29) is 0 Å². The fourth-order valence-electron chi connectivity index (χ4n) is 1.01. The van der Waals surface area contributed by atoms with Crippen LogP contribution in [0.5, 0.6) is 0 Å². The van der Waals surface area contributed by atoms with Crippen molar-refractivity contribution in [1.82, 2.24) is 0 Å². The zero-order valence-corrected chi connectivity index (χ0v) is 7.62. The van der Waals surface area contributed by atoms with E-state index in [1.54, 1.807) is 13.0 Å². The van der Waals surface area contributed by atoms with E-state index in [2.05, 4.69) is 0 Å². The van der Waals surface area contributed by atoms with Crippen molar-refractivity contribution in [1.29, 1.82) is 0 Å². The van der Waals surface area contributed by atoms with Crippen LogP contribution < -0.4 is 5.73 Å². The number of rotatable bonds is 2. The Morgan fingerprint density at radius 2 is 2.00 bits per heavy atom. The lowest BCUT2D eigenvalue weighted by atomic mass is 10.0. The summed E-state index contributed by atoms with van der Waals surface area (Å²) in [5.41, 5.74) is 6.49. The summed E-state index contributed by atoms with van der Waals surface area (Å²) in [6, 6.07) is 6.86. The molecule has 0 bridgehead atoms. The second-order valence-corrected chi connectivity index (χ2v) is 3.20. The minimum Gasteiger partial charge on any atom is -0.391 e. The molecule has 0 saturated carbocycles. The zero-order valence-electron chi connectivity index (χ0n) is 6.87. The van der Waals surface area contributed by atoms with Gasteiger partial charge in [-0.25, -0.2) is 0 Å². The monoisotopic (exact) mass is 185 g/mol. The Kier molecular flexibility index (Phi) is 3.09. The highest BCUT2D eigenvalue weighted by Gasteiger charge is 2.13. The van der Waals surface area contributed by atoms with Crippen LogP contribution >= 0.6 is 11.6 Å². The molecule has 0 amide bonds. The minimum atomic E-state index is -0.579. The Labute approximate surface area is 77.0 Å². The molecule has 1 aromatic rings. The molecule has 1 rings (SSSR count). The van der Waals surface area contributed by atoms with Crippen molar-refractivity contribution in [2.45, 2.75) is 19.1 Å². The third kappa shape index (κ3) is 1.97. The second kappa shape index (κ2) is 3.90. The molecule has 0 aliphatic rings. The van der Waals surface area contributed by atoms with Gasteiger partial charge in [0.15, 0.2) is 0 Å². The summed E-state index contributed by atoms with van der Waals surface area (Å²) in [4.78, 5) is 0. The van der Waals surface area contributed by atoms with E-state index in [4.69, 9.17) is 17.3 Å². The highest BCUT2D eigenvalue weighted by molar-refractivity contribution is 6.31. The highest BCUT2D eigenvalue weighted by Crippen LogP contribution is 2.22. The van der Waals surface area contributed by atoms with E-state index in [0.29, 0.717) is 5.02 Å². The van der Waals surface area contributed by atoms with Gasteiger partial charge in [0, 0.05) is 5.02 Å². The van der Waals surface area contributed by atoms with Crippen molar-refractivity contribution >= 4 is 11.6 Å². The van der Waals surface area contributed by atoms with Crippen molar-refractivity contribution in [3.8, 4) is 0 Å². The maximum atomic E-state index is 9.22. The van der Waals surface area contributed by atoms with Gasteiger partial charge < -0.3 is 10.8 Å². The van der Waals surface area contributed by atoms with Gasteiger partial charge in [-0.15, -0.1) is 0 Å². The van der Waals surface area contributed by atoms with Crippen molar-refractivity contribution < 1.29 is 5.11 Å². The Balaban J connectivity index is 2.94. The Hall–Kier alpha value is -0.570. The van der Waals surface area contributed by atoms with E-state index < -0.39 is 12.1 Å². The standard InChI is InChI=1S/C9H12ClNO/c1-6(12)9(11)7-4-2-3-5-8(7)10/h2-6,9,12H,11H2,1H3/t6?,9-/m0/s1. The van der Waals surface area contributed by atoms with Crippen LogP contribution in [0.1, 0.15) is 18.5 Å². The summed E-state index contributed by atoms with van der Waals surface area (Å²) in [7, 11) is 0. The molecule has 12 heavy (non-hydrogen) atoms. The maximum absolute atomic E-state index is 9.22. The molecular weight excluding hydrogens is 174 g/mol. The summed E-state index contributed by atoms with van der Waals surface area (Å²) in [6.45, 7) is 1.65. The third-order valence-corrected chi connectivity index (χ3v) is 2.13. The largest absolute Gasteiger partial charge is 0.391 e. The molecule has 0 fully saturated rings. The summed E-state index contributed by atoms with van der Waals surface area (Å²) < 4.78 is 0. The van der Waals surface area contributed by atoms with Gasteiger partial charge in [0.05, 0.1) is 12.1 Å². The van der Waals surface area contributed by atoms with Gasteiger partial charge in [-0.1, -0.05) is 29.8 Å². The molecule has 3 N–H and O–H groups in total. The molecule has 66 valence electrons. The molecule has 3 heteroatoms. The van der Waals surface area contributed by atoms with Crippen molar-refractivity contribution in [2.24, 2.45) is 5.73 Å². The van der Waals surface area contributed by atoms with E-state index in [0.717, 1.165) is 5.56 Å². The Bertz CT molecular complexity index is 262. The van der Waals surface area contributed by atoms with Gasteiger partial charge >= 0.3 is 0 Å². The Morgan fingerprint density at radius 3 is 2.50 bits per heavy atom. The first-order chi connectivity index (χ1) is 5.63. The molecule has 1 aromatic carbocycles. The van der Waals surface area contributed by atoms with Gasteiger partial charge in [-0.05, 0) is 18.6 Å². The number of hydrogen-bond acceptors (Lipinski definition) is 2. The lowest BCUT2D eigenvalue weighted by Gasteiger charge is -2.15. The van der Waals surface area contributed by atoms with Crippen LogP contribution in [0.3, 0.4) is 0 Å². The van der Waals surface area contributed by atoms with Gasteiger partial charge in [-0.3, -0.25) is 0 Å². The number of halogens is 1. The topological polar surface area (TPSA) is 46.2 Å². The molecule has 0 aliphatic heterocycles. The minimum absolute atomic E-state index is 0.404. The molecule has 0 saturated heterocycles. The maximum Gasteiger partial charge on any atom is 0.0705 e. The number of aliphatic hydroxyl groups excluding tert-OH is 1. The van der Waals surface area contributed by atoms with Gasteiger partial charge in [0.1, 0.15) is 0 Å². The van der Waals surface area contributed by atoms with Crippen LogP contribution in [0, 0.1) is 0 Å². The van der Waals surface area contributed by atoms with Crippen molar-refractivity contribution in [3.63, 3.8) is 0 Å². The van der Waals surface area contributed by atoms with Crippen LogP contribution in [0.25, 0.3) is 0 Å². The number of nitrogens with two attached hydrogens (primary N) is 1. The van der Waals surface area contributed by atoms with Crippen molar-refractivity contribution in [2.75, 3.05) is 0 Å². The molecule has 0 aromatic heterocycles. The molecule has 2 nitrogen and oxygen atoms in total. The first kappa shape index (κ1) is 9.52. The summed E-state index contributed by atoms with van der Waals surface area (Å²) >= 11 is 5.87. The quantitative estimate of drug-likeness (QED) is 0.737. The highest BCUT2D eigenvalue weighted by atomic mass is 35.5. The predicted molar refractivity (Wildman–Crippen MR) is 50.1 cm³/mol. The van der Waals surface area contributed by atoms with E-state index in [1.807, 2.05) is 18.2 Å². The van der Waals surface area contributed by atoms with Crippen molar-refractivity contribution in [3.05, 3.63) is 34.9 Å². The van der Waals surface area contributed by atoms with Crippen LogP contribution in [0.4, 0.5) is 0 Å². The van der Waals surface area contributed by atoms with E-state index in [9.17, 15) is 5.11 Å². The number of hydrogen-bond donors (Lipinski definition) is 2. The van der Waals surface area contributed by atoms with E-state index in [1.165, 1.54) is 0 Å². The van der Waals surface area contributed by atoms with Crippen LogP contribution in [0.2, 0.25) is 5.02 Å². The zero-order chi connectivity index (χ0) is 9.14. The summed E-state index contributed by atoms with van der Waals surface area (Å²) in [6.07, 6.45) is -0.579. The second-order valence-electron chi connectivity index (χ2n) is 2.79. The predicted octanol–water partition coefficient (Wildman–Crippen LogP) is 1.72. The summed E-state index contributed by atoms with van der Waals surface area (Å²) in [5, 5.41) is 9.82. The molecule has 0 radical (unpaired) electrons. The third-order valence-electron chi connectivity index (χ3n) is 1.78. The normalized spacial score (nSPS) is 15.7. The fourth-order valence-corrected chi connectivity index (χ4v) is 1.27. The van der Waals surface area contributed by atoms with E-state index >= 15 is 0 Å². The molecule has 2 atom stereocenters. The van der Waals surface area contributed by atoms with Crippen LogP contribution in [-0.4, -0.2) is 11.2 Å². The molecular formula is C9H12ClNO. The number of benzene rings is 1. The smallest absolute Gasteiger partial charge is 0.0705 e. The van der Waals surface area contributed by atoms with Gasteiger partial charge in [0.2, 0.25) is 0 Å². The molecule has 0 aliphatic carbocycles. The fraction of sp³-hybridized carbons (Fsp3) is 0.333. The van der Waals surface area contributed by atoms with Crippen LogP contribution in [-0.2, 0) is 0 Å².